The maximum absolute atomic E-state index is 14.2. The van der Waals surface area contributed by atoms with E-state index >= 15 is 0 Å². The number of nitrogens with one attached hydrogen (secondary N) is 1. The molecule has 37 heavy (non-hydrogen) atoms. The van der Waals surface area contributed by atoms with Gasteiger partial charge in [0.1, 0.15) is 12.7 Å². The Morgan fingerprint density at radius 1 is 0.946 bits per heavy atom. The van der Waals surface area contributed by atoms with Gasteiger partial charge in [0.05, 0.1) is 18.2 Å². The molecule has 5 nitrogen and oxygen atoms in total. The highest BCUT2D eigenvalue weighted by molar-refractivity contribution is 6.74. The lowest BCUT2D eigenvalue weighted by Gasteiger charge is -2.39. The minimum absolute atomic E-state index is 0.0915. The smallest absolute Gasteiger partial charge is 0.407 e. The molecule has 8 heteroatoms. The summed E-state index contributed by atoms with van der Waals surface area (Å²) in [7, 11) is -2.27. The zero-order valence-corrected chi connectivity index (χ0v) is 24.2. The van der Waals surface area contributed by atoms with E-state index in [2.05, 4.69) is 38.2 Å². The lowest BCUT2D eigenvalue weighted by molar-refractivity contribution is -0.139. The number of carbonyl (C=O) groups is 1. The number of hydrogen-bond donors (Lipinski definition) is 1. The van der Waals surface area contributed by atoms with Crippen molar-refractivity contribution in [2.24, 2.45) is 0 Å². The van der Waals surface area contributed by atoms with Gasteiger partial charge in [-0.3, -0.25) is 0 Å². The molecule has 0 radical (unpaired) electrons. The number of benzene rings is 2. The molecule has 2 aromatic rings. The van der Waals surface area contributed by atoms with Crippen molar-refractivity contribution in [1.82, 2.24) is 5.32 Å². The van der Waals surface area contributed by atoms with Crippen LogP contribution in [0, 0.1) is 0 Å². The fraction of sp³-hybridized carbons (Fsp3) is 0.552. The molecule has 0 spiro atoms. The van der Waals surface area contributed by atoms with Crippen LogP contribution in [0.5, 0.6) is 0 Å². The van der Waals surface area contributed by atoms with Crippen molar-refractivity contribution in [3.05, 3.63) is 59.7 Å². The molecule has 0 aromatic heterocycles. The van der Waals surface area contributed by atoms with Crippen molar-refractivity contribution in [2.75, 3.05) is 13.2 Å². The predicted octanol–water partition coefficient (Wildman–Crippen LogP) is 7.36. The molecule has 0 fully saturated rings. The van der Waals surface area contributed by atoms with Gasteiger partial charge in [-0.2, -0.15) is 0 Å². The summed E-state index contributed by atoms with van der Waals surface area (Å²) >= 11 is 0. The third-order valence-corrected chi connectivity index (χ3v) is 11.7. The normalized spacial score (nSPS) is 15.8. The number of hydrogen-bond acceptors (Lipinski definition) is 4. The summed E-state index contributed by atoms with van der Waals surface area (Å²) in [5.41, 5.74) is 3.55. The van der Waals surface area contributed by atoms with Crippen molar-refractivity contribution in [3.63, 3.8) is 0 Å². The van der Waals surface area contributed by atoms with E-state index in [1.165, 1.54) is 0 Å². The molecule has 0 saturated carbocycles. The van der Waals surface area contributed by atoms with E-state index in [9.17, 15) is 13.6 Å². The van der Waals surface area contributed by atoms with E-state index in [1.54, 1.807) is 20.8 Å². The monoisotopic (exact) mass is 533 g/mol. The van der Waals surface area contributed by atoms with Gasteiger partial charge < -0.3 is 19.2 Å². The average molecular weight is 534 g/mol. The Morgan fingerprint density at radius 3 is 1.92 bits per heavy atom. The van der Waals surface area contributed by atoms with E-state index in [4.69, 9.17) is 13.9 Å². The van der Waals surface area contributed by atoms with Crippen LogP contribution in [0.15, 0.2) is 48.5 Å². The second-order valence-electron chi connectivity index (χ2n) is 12.2. The second-order valence-corrected chi connectivity index (χ2v) is 17.0. The summed E-state index contributed by atoms with van der Waals surface area (Å²) in [5.74, 6) is -0.128. The quantitative estimate of drug-likeness (QED) is 0.342. The van der Waals surface area contributed by atoms with Crippen LogP contribution < -0.4 is 5.32 Å². The molecule has 3 rings (SSSR count). The molecule has 204 valence electrons. The highest BCUT2D eigenvalue weighted by atomic mass is 28.4. The minimum atomic E-state index is -2.82. The molecule has 0 saturated heterocycles. The molecule has 1 amide bonds. The molecular weight excluding hydrogens is 492 g/mol. The third-order valence-electron chi connectivity index (χ3n) is 7.21. The number of alkyl carbamates (subject to hydrolysis) is 1. The van der Waals surface area contributed by atoms with Crippen molar-refractivity contribution in [3.8, 4) is 11.1 Å². The number of ether oxygens (including phenoxy) is 2. The van der Waals surface area contributed by atoms with Crippen LogP contribution in [-0.4, -0.2) is 51.8 Å². The van der Waals surface area contributed by atoms with Crippen molar-refractivity contribution in [2.45, 2.75) is 89.8 Å². The molecule has 2 aromatic carbocycles. The Labute approximate surface area is 221 Å². The second kappa shape index (κ2) is 11.2. The first-order chi connectivity index (χ1) is 17.1. The van der Waals surface area contributed by atoms with E-state index < -0.39 is 38.6 Å². The van der Waals surface area contributed by atoms with E-state index in [-0.39, 0.29) is 24.2 Å². The third kappa shape index (κ3) is 7.18. The Kier molecular flexibility index (Phi) is 8.87. The molecule has 0 unspecified atom stereocenters. The molecular formula is C29H41F2NO4Si. The Hall–Kier alpha value is -2.29. The molecule has 0 heterocycles. The fourth-order valence-electron chi connectivity index (χ4n) is 4.24. The molecule has 2 atom stereocenters. The summed E-state index contributed by atoms with van der Waals surface area (Å²) < 4.78 is 45.9. The van der Waals surface area contributed by atoms with Crippen LogP contribution in [0.2, 0.25) is 18.1 Å². The molecule has 0 bridgehead atoms. The van der Waals surface area contributed by atoms with Gasteiger partial charge in [-0.1, -0.05) is 69.3 Å². The first-order valence-electron chi connectivity index (χ1n) is 12.8. The van der Waals surface area contributed by atoms with Gasteiger partial charge in [-0.25, -0.2) is 13.6 Å². The molecule has 1 aliphatic carbocycles. The summed E-state index contributed by atoms with van der Waals surface area (Å²) in [4.78, 5) is 13.0. The molecule has 0 aliphatic heterocycles. The van der Waals surface area contributed by atoms with Gasteiger partial charge in [-0.05, 0) is 61.2 Å². The number of rotatable bonds is 9. The first kappa shape index (κ1) is 29.3. The highest BCUT2D eigenvalue weighted by Gasteiger charge is 2.41. The number of halogens is 2. The zero-order valence-electron chi connectivity index (χ0n) is 23.2. The topological polar surface area (TPSA) is 56.8 Å². The standard InChI is InChI=1S/C29H41F2NO4Si/c1-28(2,3)36-25(26(30)31)24(18-35-37(7,8)29(4,5)6)32-27(33)34-17-23-21-15-11-9-13-19(21)20-14-10-12-16-22(20)23/h9-16,23-26H,17-18H2,1-8H3,(H,32,33)/t24-,25+/m1/s1. The Morgan fingerprint density at radius 2 is 1.46 bits per heavy atom. The van der Waals surface area contributed by atoms with Crippen molar-refractivity contribution in [1.29, 1.82) is 0 Å². The van der Waals surface area contributed by atoms with Gasteiger partial charge in [0.25, 0.3) is 6.43 Å². The maximum Gasteiger partial charge on any atom is 0.407 e. The van der Waals surface area contributed by atoms with Gasteiger partial charge in [0.2, 0.25) is 0 Å². The Bertz CT molecular complexity index is 1030. The lowest BCUT2D eigenvalue weighted by Crippen LogP contribution is -2.55. The summed E-state index contributed by atoms with van der Waals surface area (Å²) in [6.45, 7) is 15.4. The van der Waals surface area contributed by atoms with Crippen LogP contribution in [-0.2, 0) is 13.9 Å². The van der Waals surface area contributed by atoms with Gasteiger partial charge in [0.15, 0.2) is 8.32 Å². The summed E-state index contributed by atoms with van der Waals surface area (Å²) in [6.07, 6.45) is -5.14. The SMILES string of the molecule is CC(C)(C)O[C@H](C(F)F)[C@@H](CO[Si](C)(C)C(C)(C)C)NC(=O)OCC1c2ccccc2-c2ccccc21. The largest absolute Gasteiger partial charge is 0.449 e. The summed E-state index contributed by atoms with van der Waals surface area (Å²) in [5, 5.41) is 2.53. The molecule has 1 N–H and O–H groups in total. The Balaban J connectivity index is 1.76. The van der Waals surface area contributed by atoms with Crippen LogP contribution in [0.1, 0.15) is 58.6 Å². The minimum Gasteiger partial charge on any atom is -0.449 e. The van der Waals surface area contributed by atoms with Gasteiger partial charge in [-0.15, -0.1) is 0 Å². The lowest BCUT2D eigenvalue weighted by atomic mass is 9.98. The fourth-order valence-corrected chi connectivity index (χ4v) is 5.27. The van der Waals surface area contributed by atoms with Crippen LogP contribution in [0.4, 0.5) is 13.6 Å². The van der Waals surface area contributed by atoms with Crippen molar-refractivity contribution < 1.29 is 27.5 Å². The maximum atomic E-state index is 14.2. The average Bonchev–Trinajstić information content (AvgIpc) is 3.11. The number of amides is 1. The van der Waals surface area contributed by atoms with E-state index in [1.807, 2.05) is 49.5 Å². The van der Waals surface area contributed by atoms with Crippen LogP contribution in [0.25, 0.3) is 11.1 Å². The van der Waals surface area contributed by atoms with Gasteiger partial charge >= 0.3 is 6.09 Å². The zero-order chi connectivity index (χ0) is 27.6. The van der Waals surface area contributed by atoms with Crippen LogP contribution in [0.3, 0.4) is 0 Å². The first-order valence-corrected chi connectivity index (χ1v) is 15.7. The molecule has 1 aliphatic rings. The number of fused-ring (bicyclic) bond motifs is 3. The summed E-state index contributed by atoms with van der Waals surface area (Å²) in [6, 6.07) is 15.0. The van der Waals surface area contributed by atoms with E-state index in [0.29, 0.717) is 0 Å². The van der Waals surface area contributed by atoms with Crippen LogP contribution >= 0.6 is 0 Å². The van der Waals surface area contributed by atoms with E-state index in [0.717, 1.165) is 22.3 Å². The predicted molar refractivity (Wildman–Crippen MR) is 146 cm³/mol. The number of alkyl halides is 2. The van der Waals surface area contributed by atoms with Gasteiger partial charge in [0, 0.05) is 5.92 Å². The highest BCUT2D eigenvalue weighted by Crippen LogP contribution is 2.44. The number of carbonyl (C=O) groups excluding carboxylic acids is 1. The van der Waals surface area contributed by atoms with Crippen molar-refractivity contribution >= 4 is 14.4 Å².